The van der Waals surface area contributed by atoms with Crippen molar-refractivity contribution in [3.8, 4) is 11.4 Å². The number of rotatable bonds is 3. The molecule has 0 atom stereocenters. The average molecular weight is 217 g/mol. The van der Waals surface area contributed by atoms with E-state index in [2.05, 4.69) is 20.4 Å². The van der Waals surface area contributed by atoms with Crippen molar-refractivity contribution < 1.29 is 0 Å². The normalized spacial score (nSPS) is 10.4. The molecule has 2 aromatic heterocycles. The van der Waals surface area contributed by atoms with Gasteiger partial charge >= 0.3 is 0 Å². The number of aromatic nitrogens is 4. The molecule has 16 heavy (non-hydrogen) atoms. The summed E-state index contributed by atoms with van der Waals surface area (Å²) in [5.41, 5.74) is 2.79. The maximum absolute atomic E-state index is 4.45. The van der Waals surface area contributed by atoms with Crippen LogP contribution in [-0.2, 0) is 7.05 Å². The van der Waals surface area contributed by atoms with Crippen molar-refractivity contribution in [2.75, 3.05) is 11.9 Å². The fourth-order valence-corrected chi connectivity index (χ4v) is 1.49. The maximum Gasteiger partial charge on any atom is 0.223 e. The van der Waals surface area contributed by atoms with E-state index >= 15 is 0 Å². The second kappa shape index (κ2) is 4.30. The van der Waals surface area contributed by atoms with Gasteiger partial charge in [0.1, 0.15) is 5.69 Å². The van der Waals surface area contributed by atoms with Gasteiger partial charge in [-0.1, -0.05) is 0 Å². The van der Waals surface area contributed by atoms with Gasteiger partial charge in [-0.3, -0.25) is 4.68 Å². The van der Waals surface area contributed by atoms with E-state index in [4.69, 9.17) is 0 Å². The highest BCUT2D eigenvalue weighted by Gasteiger charge is 2.08. The van der Waals surface area contributed by atoms with Gasteiger partial charge in [0.25, 0.3) is 0 Å². The molecule has 0 bridgehead atoms. The molecule has 0 aliphatic carbocycles. The van der Waals surface area contributed by atoms with Gasteiger partial charge in [-0.25, -0.2) is 9.97 Å². The van der Waals surface area contributed by atoms with Crippen LogP contribution in [-0.4, -0.2) is 26.3 Å². The molecule has 0 aromatic carbocycles. The molecule has 0 spiro atoms. The molecule has 0 fully saturated rings. The third-order valence-electron chi connectivity index (χ3n) is 2.26. The molecule has 0 unspecified atom stereocenters. The second-order valence-electron chi connectivity index (χ2n) is 3.63. The van der Waals surface area contributed by atoms with E-state index in [1.54, 1.807) is 4.68 Å². The minimum Gasteiger partial charge on any atom is -0.354 e. The third-order valence-corrected chi connectivity index (χ3v) is 2.26. The molecule has 0 saturated carbocycles. The molecular weight excluding hydrogens is 202 g/mol. The summed E-state index contributed by atoms with van der Waals surface area (Å²) in [5, 5.41) is 7.44. The lowest BCUT2D eigenvalue weighted by atomic mass is 10.2. The third kappa shape index (κ3) is 2.03. The second-order valence-corrected chi connectivity index (χ2v) is 3.63. The van der Waals surface area contributed by atoms with Crippen molar-refractivity contribution in [1.82, 2.24) is 19.7 Å². The standard InChI is InChI=1S/C11H15N5/c1-4-12-11-13-7-8(2)10(14-11)9-5-6-16(3)15-9/h5-7H,4H2,1-3H3,(H,12,13,14). The predicted molar refractivity (Wildman–Crippen MR) is 63.1 cm³/mol. The zero-order valence-electron chi connectivity index (χ0n) is 9.73. The van der Waals surface area contributed by atoms with Gasteiger partial charge in [-0.2, -0.15) is 5.10 Å². The van der Waals surface area contributed by atoms with E-state index in [1.165, 1.54) is 0 Å². The lowest BCUT2D eigenvalue weighted by molar-refractivity contribution is 0.769. The number of nitrogens with one attached hydrogen (secondary N) is 1. The van der Waals surface area contributed by atoms with Crippen molar-refractivity contribution in [2.45, 2.75) is 13.8 Å². The molecule has 0 saturated heterocycles. The molecule has 2 heterocycles. The van der Waals surface area contributed by atoms with Gasteiger partial charge in [0, 0.05) is 26.0 Å². The Labute approximate surface area is 94.5 Å². The SMILES string of the molecule is CCNc1ncc(C)c(-c2ccn(C)n2)n1. The number of aryl methyl sites for hydroxylation is 2. The lowest BCUT2D eigenvalue weighted by Crippen LogP contribution is -2.04. The molecule has 0 aliphatic rings. The van der Waals surface area contributed by atoms with Gasteiger partial charge in [0.2, 0.25) is 5.95 Å². The largest absolute Gasteiger partial charge is 0.354 e. The highest BCUT2D eigenvalue weighted by molar-refractivity contribution is 5.59. The summed E-state index contributed by atoms with van der Waals surface area (Å²) < 4.78 is 1.77. The van der Waals surface area contributed by atoms with Crippen LogP contribution < -0.4 is 5.32 Å². The first-order valence-electron chi connectivity index (χ1n) is 5.28. The highest BCUT2D eigenvalue weighted by Crippen LogP contribution is 2.19. The van der Waals surface area contributed by atoms with E-state index in [0.29, 0.717) is 5.95 Å². The van der Waals surface area contributed by atoms with Crippen molar-refractivity contribution in [3.63, 3.8) is 0 Å². The van der Waals surface area contributed by atoms with Crippen LogP contribution in [0.3, 0.4) is 0 Å². The molecular formula is C11H15N5. The summed E-state index contributed by atoms with van der Waals surface area (Å²) in [5.74, 6) is 0.647. The Morgan fingerprint density at radius 2 is 2.25 bits per heavy atom. The fraction of sp³-hybridized carbons (Fsp3) is 0.364. The molecule has 0 amide bonds. The van der Waals surface area contributed by atoms with Crippen LogP contribution in [0.4, 0.5) is 5.95 Å². The number of anilines is 1. The van der Waals surface area contributed by atoms with Crippen LogP contribution in [0.2, 0.25) is 0 Å². The summed E-state index contributed by atoms with van der Waals surface area (Å²) in [6.45, 7) is 4.81. The Morgan fingerprint density at radius 1 is 1.44 bits per heavy atom. The summed E-state index contributed by atoms with van der Waals surface area (Å²) in [6, 6.07) is 1.95. The van der Waals surface area contributed by atoms with Crippen LogP contribution in [0, 0.1) is 6.92 Å². The molecule has 5 heteroatoms. The average Bonchev–Trinajstić information content (AvgIpc) is 2.68. The number of nitrogens with zero attached hydrogens (tertiary/aromatic N) is 4. The van der Waals surface area contributed by atoms with Gasteiger partial charge in [0.15, 0.2) is 0 Å². The first-order chi connectivity index (χ1) is 7.70. The van der Waals surface area contributed by atoms with Gasteiger partial charge in [-0.15, -0.1) is 0 Å². The molecule has 5 nitrogen and oxygen atoms in total. The molecule has 2 aromatic rings. The maximum atomic E-state index is 4.45. The van der Waals surface area contributed by atoms with E-state index < -0.39 is 0 Å². The predicted octanol–water partition coefficient (Wildman–Crippen LogP) is 1.62. The van der Waals surface area contributed by atoms with Crippen LogP contribution >= 0.6 is 0 Å². The van der Waals surface area contributed by atoms with Crippen molar-refractivity contribution in [1.29, 1.82) is 0 Å². The number of hydrogen-bond donors (Lipinski definition) is 1. The lowest BCUT2D eigenvalue weighted by Gasteiger charge is -2.05. The zero-order chi connectivity index (χ0) is 11.5. The Kier molecular flexibility index (Phi) is 2.85. The quantitative estimate of drug-likeness (QED) is 0.848. The van der Waals surface area contributed by atoms with Crippen molar-refractivity contribution in [3.05, 3.63) is 24.0 Å². The topological polar surface area (TPSA) is 55.6 Å². The summed E-state index contributed by atoms with van der Waals surface area (Å²) in [7, 11) is 1.89. The zero-order valence-corrected chi connectivity index (χ0v) is 9.73. The molecule has 0 radical (unpaired) electrons. The monoisotopic (exact) mass is 217 g/mol. The van der Waals surface area contributed by atoms with Crippen molar-refractivity contribution in [2.24, 2.45) is 7.05 Å². The minimum atomic E-state index is 0.647. The van der Waals surface area contributed by atoms with Crippen LogP contribution in [0.15, 0.2) is 18.5 Å². The molecule has 1 N–H and O–H groups in total. The molecule has 2 rings (SSSR count). The summed E-state index contributed by atoms with van der Waals surface area (Å²) >= 11 is 0. The summed E-state index contributed by atoms with van der Waals surface area (Å²) in [6.07, 6.45) is 3.72. The van der Waals surface area contributed by atoms with E-state index in [-0.39, 0.29) is 0 Å². The highest BCUT2D eigenvalue weighted by atomic mass is 15.3. The Bertz CT molecular complexity index is 489. The van der Waals surface area contributed by atoms with E-state index in [1.807, 2.05) is 39.4 Å². The fourth-order valence-electron chi connectivity index (χ4n) is 1.49. The van der Waals surface area contributed by atoms with Crippen LogP contribution in [0.5, 0.6) is 0 Å². The van der Waals surface area contributed by atoms with E-state index in [0.717, 1.165) is 23.5 Å². The minimum absolute atomic E-state index is 0.647. The first-order valence-corrected chi connectivity index (χ1v) is 5.28. The van der Waals surface area contributed by atoms with Crippen molar-refractivity contribution >= 4 is 5.95 Å². The van der Waals surface area contributed by atoms with E-state index in [9.17, 15) is 0 Å². The van der Waals surface area contributed by atoms with Crippen LogP contribution in [0.25, 0.3) is 11.4 Å². The summed E-state index contributed by atoms with van der Waals surface area (Å²) in [4.78, 5) is 8.65. The Balaban J connectivity index is 2.42. The van der Waals surface area contributed by atoms with Gasteiger partial charge in [0.05, 0.1) is 5.69 Å². The smallest absolute Gasteiger partial charge is 0.223 e. The molecule has 0 aliphatic heterocycles. The van der Waals surface area contributed by atoms with Gasteiger partial charge in [-0.05, 0) is 25.5 Å². The Morgan fingerprint density at radius 3 is 2.88 bits per heavy atom. The van der Waals surface area contributed by atoms with Gasteiger partial charge < -0.3 is 5.32 Å². The molecule has 84 valence electrons. The number of hydrogen-bond acceptors (Lipinski definition) is 4. The van der Waals surface area contributed by atoms with Crippen LogP contribution in [0.1, 0.15) is 12.5 Å². The first kappa shape index (κ1) is 10.6. The Hall–Kier alpha value is -1.91.